The van der Waals surface area contributed by atoms with Crippen LogP contribution in [0, 0.1) is 0 Å². The van der Waals surface area contributed by atoms with Gasteiger partial charge in [0.05, 0.1) is 24.9 Å². The van der Waals surface area contributed by atoms with Gasteiger partial charge in [0.25, 0.3) is 0 Å². The molecule has 0 fully saturated rings. The molecule has 0 unspecified atom stereocenters. The Hall–Kier alpha value is -5.00. The summed E-state index contributed by atoms with van der Waals surface area (Å²) >= 11 is 0. The fourth-order valence-corrected chi connectivity index (χ4v) is 5.27. The van der Waals surface area contributed by atoms with E-state index in [1.807, 2.05) is 84.9 Å². The molecule has 5 aromatic rings. The van der Waals surface area contributed by atoms with Gasteiger partial charge in [-0.3, -0.25) is 4.79 Å². The monoisotopic (exact) mass is 636 g/mol. The highest BCUT2D eigenvalue weighted by Gasteiger charge is 2.37. The zero-order chi connectivity index (χ0) is 32.9. The number of hydrogen-bond acceptors (Lipinski definition) is 9. The van der Waals surface area contributed by atoms with E-state index in [4.69, 9.17) is 9.26 Å². The average molecular weight is 637 g/mol. The van der Waals surface area contributed by atoms with Gasteiger partial charge in [0.2, 0.25) is 6.41 Å². The molecular formula is C37H40N4O6. The minimum atomic E-state index is -1.43. The topological polar surface area (TPSA) is 149 Å². The highest BCUT2D eigenvalue weighted by Crippen LogP contribution is 2.36. The molecule has 0 bridgehead atoms. The Kier molecular flexibility index (Phi) is 11.7. The predicted molar refractivity (Wildman–Crippen MR) is 179 cm³/mol. The van der Waals surface area contributed by atoms with Crippen molar-refractivity contribution in [1.82, 2.24) is 15.8 Å². The summed E-state index contributed by atoms with van der Waals surface area (Å²) in [6.45, 7) is 2.75. The molecule has 1 atom stereocenters. The van der Waals surface area contributed by atoms with Gasteiger partial charge in [-0.05, 0) is 72.5 Å². The minimum Gasteiger partial charge on any atom is -0.506 e. The lowest BCUT2D eigenvalue weighted by molar-refractivity contribution is -0.105. The molecule has 47 heavy (non-hydrogen) atoms. The SMILES string of the molecule is O=CNc1cc([C@@H](O)CNCCc2ccc(OCCCNCc3cc(C(O)(c4ccccc4)c4ccccc4)no3)cc2)ccc1O. The standard InChI is InChI=1S/C37H40N4O6/c42-26-40-33-22-28(14-17-34(33)43)35(44)25-39-20-18-27-12-15-31(16-13-27)46-21-7-19-38-24-32-23-36(41-47-32)37(45,29-8-3-1-4-9-29)30-10-5-2-6-11-30/h1-6,8-17,22-23,26,35,38-39,43-45H,7,18-21,24-25H2,(H,40,42)/t35-/m0/s1. The number of ether oxygens (including phenoxy) is 1. The summed E-state index contributed by atoms with van der Waals surface area (Å²) in [5.41, 5.74) is 2.43. The number of phenols is 1. The van der Waals surface area contributed by atoms with Crippen LogP contribution in [-0.2, 0) is 23.4 Å². The summed E-state index contributed by atoms with van der Waals surface area (Å²) in [5, 5.41) is 45.3. The fraction of sp³-hybridized carbons (Fsp3) is 0.243. The molecule has 10 heteroatoms. The molecule has 0 aliphatic rings. The number of aromatic hydroxyl groups is 1. The maximum absolute atomic E-state index is 11.9. The number of aliphatic hydroxyl groups excluding tert-OH is 1. The van der Waals surface area contributed by atoms with Crippen LogP contribution in [0.3, 0.4) is 0 Å². The molecule has 1 aromatic heterocycles. The van der Waals surface area contributed by atoms with E-state index in [2.05, 4.69) is 21.1 Å². The molecule has 244 valence electrons. The first-order chi connectivity index (χ1) is 23.0. The van der Waals surface area contributed by atoms with E-state index in [-0.39, 0.29) is 11.4 Å². The number of phenolic OH excluding ortho intramolecular Hbond substituents is 1. The Labute approximate surface area is 274 Å². The Morgan fingerprint density at radius 1 is 0.872 bits per heavy atom. The molecule has 0 spiro atoms. The molecule has 0 saturated carbocycles. The molecule has 0 saturated heterocycles. The fourth-order valence-electron chi connectivity index (χ4n) is 5.27. The number of benzene rings is 4. The summed E-state index contributed by atoms with van der Waals surface area (Å²) in [6.07, 6.45) is 1.28. The van der Waals surface area contributed by atoms with Crippen LogP contribution in [0.5, 0.6) is 11.5 Å². The second-order valence-corrected chi connectivity index (χ2v) is 11.2. The van der Waals surface area contributed by atoms with E-state index in [0.29, 0.717) is 67.3 Å². The van der Waals surface area contributed by atoms with Crippen LogP contribution in [0.4, 0.5) is 5.69 Å². The molecule has 5 rings (SSSR count). The number of rotatable bonds is 18. The molecular weight excluding hydrogens is 596 g/mol. The summed E-state index contributed by atoms with van der Waals surface area (Å²) in [5.74, 6) is 1.37. The van der Waals surface area contributed by atoms with Crippen molar-refractivity contribution in [1.29, 1.82) is 0 Å². The number of amides is 1. The second kappa shape index (κ2) is 16.5. The van der Waals surface area contributed by atoms with Crippen LogP contribution in [0.25, 0.3) is 0 Å². The van der Waals surface area contributed by atoms with Crippen molar-refractivity contribution in [2.24, 2.45) is 0 Å². The van der Waals surface area contributed by atoms with Crippen molar-refractivity contribution < 1.29 is 29.4 Å². The lowest BCUT2D eigenvalue weighted by Gasteiger charge is -2.27. The van der Waals surface area contributed by atoms with Crippen molar-refractivity contribution in [3.63, 3.8) is 0 Å². The van der Waals surface area contributed by atoms with Crippen LogP contribution < -0.4 is 20.7 Å². The van der Waals surface area contributed by atoms with Gasteiger partial charge in [-0.1, -0.05) is 84.0 Å². The number of carbonyl (C=O) groups excluding carboxylic acids is 1. The first kappa shape index (κ1) is 33.4. The quantitative estimate of drug-likeness (QED) is 0.0459. The van der Waals surface area contributed by atoms with Crippen LogP contribution in [-0.4, -0.2) is 53.1 Å². The smallest absolute Gasteiger partial charge is 0.211 e. The van der Waals surface area contributed by atoms with Crippen molar-refractivity contribution in [2.75, 3.05) is 31.6 Å². The van der Waals surface area contributed by atoms with Crippen molar-refractivity contribution >= 4 is 12.1 Å². The Morgan fingerprint density at radius 2 is 1.57 bits per heavy atom. The Morgan fingerprint density at radius 3 is 2.26 bits per heavy atom. The summed E-state index contributed by atoms with van der Waals surface area (Å²) in [7, 11) is 0. The third kappa shape index (κ3) is 8.84. The molecule has 1 heterocycles. The molecule has 10 nitrogen and oxygen atoms in total. The number of aliphatic hydroxyl groups is 2. The van der Waals surface area contributed by atoms with Gasteiger partial charge < -0.3 is 40.5 Å². The first-order valence-electron chi connectivity index (χ1n) is 15.6. The number of carbonyl (C=O) groups is 1. The third-order valence-corrected chi connectivity index (χ3v) is 7.85. The number of nitrogens with zero attached hydrogens (tertiary/aromatic N) is 1. The van der Waals surface area contributed by atoms with Crippen molar-refractivity contribution in [3.05, 3.63) is 143 Å². The van der Waals surface area contributed by atoms with Crippen LogP contribution in [0.2, 0.25) is 0 Å². The zero-order valence-electron chi connectivity index (χ0n) is 26.0. The van der Waals surface area contributed by atoms with Gasteiger partial charge in [-0.15, -0.1) is 0 Å². The van der Waals surface area contributed by atoms with E-state index < -0.39 is 11.7 Å². The second-order valence-electron chi connectivity index (χ2n) is 11.2. The highest BCUT2D eigenvalue weighted by atomic mass is 16.5. The summed E-state index contributed by atoms with van der Waals surface area (Å²) in [4.78, 5) is 10.7. The first-order valence-corrected chi connectivity index (χ1v) is 15.6. The normalized spacial score (nSPS) is 12.0. The molecule has 4 aromatic carbocycles. The van der Waals surface area contributed by atoms with Crippen molar-refractivity contribution in [3.8, 4) is 11.5 Å². The number of aromatic nitrogens is 1. The third-order valence-electron chi connectivity index (χ3n) is 7.85. The molecule has 0 aliphatic heterocycles. The van der Waals surface area contributed by atoms with Gasteiger partial charge >= 0.3 is 0 Å². The zero-order valence-corrected chi connectivity index (χ0v) is 26.0. The predicted octanol–water partition coefficient (Wildman–Crippen LogP) is 4.66. The Balaban J connectivity index is 1.000. The van der Waals surface area contributed by atoms with Gasteiger partial charge in [-0.2, -0.15) is 0 Å². The maximum atomic E-state index is 11.9. The molecule has 0 aliphatic carbocycles. The average Bonchev–Trinajstić information content (AvgIpc) is 3.59. The Bertz CT molecular complexity index is 1640. The van der Waals surface area contributed by atoms with E-state index in [1.165, 1.54) is 6.07 Å². The lowest BCUT2D eigenvalue weighted by atomic mass is 9.83. The molecule has 0 radical (unpaired) electrons. The van der Waals surface area contributed by atoms with Gasteiger partial charge in [-0.25, -0.2) is 0 Å². The summed E-state index contributed by atoms with van der Waals surface area (Å²) in [6, 6.07) is 33.3. The maximum Gasteiger partial charge on any atom is 0.211 e. The van der Waals surface area contributed by atoms with Crippen LogP contribution in [0.1, 0.15) is 46.2 Å². The minimum absolute atomic E-state index is 0.0546. The lowest BCUT2D eigenvalue weighted by Crippen LogP contribution is -2.29. The number of nitrogens with one attached hydrogen (secondary N) is 3. The van der Waals surface area contributed by atoms with Crippen molar-refractivity contribution in [2.45, 2.75) is 31.1 Å². The number of anilines is 1. The van der Waals surface area contributed by atoms with Crippen LogP contribution >= 0.6 is 0 Å². The van der Waals surface area contributed by atoms with Crippen LogP contribution in [0.15, 0.2) is 114 Å². The van der Waals surface area contributed by atoms with Gasteiger partial charge in [0.15, 0.2) is 11.4 Å². The van der Waals surface area contributed by atoms with E-state index in [9.17, 15) is 20.1 Å². The number of hydrogen-bond donors (Lipinski definition) is 6. The van der Waals surface area contributed by atoms with E-state index in [0.717, 1.165) is 24.2 Å². The largest absolute Gasteiger partial charge is 0.506 e. The highest BCUT2D eigenvalue weighted by molar-refractivity contribution is 5.75. The molecule has 6 N–H and O–H groups in total. The van der Waals surface area contributed by atoms with E-state index >= 15 is 0 Å². The van der Waals surface area contributed by atoms with Gasteiger partial charge in [0.1, 0.15) is 17.2 Å². The molecule has 1 amide bonds. The summed E-state index contributed by atoms with van der Waals surface area (Å²) < 4.78 is 11.5. The van der Waals surface area contributed by atoms with Gasteiger partial charge in [0, 0.05) is 12.6 Å². The van der Waals surface area contributed by atoms with E-state index in [1.54, 1.807) is 18.2 Å².